The van der Waals surface area contributed by atoms with Crippen LogP contribution in [-0.2, 0) is 10.0 Å². The van der Waals surface area contributed by atoms with Gasteiger partial charge in [-0.05, 0) is 18.2 Å². The molecule has 0 spiro atoms. The minimum absolute atomic E-state index is 0.0156. The quantitative estimate of drug-likeness (QED) is 0.902. The maximum absolute atomic E-state index is 13.1. The van der Waals surface area contributed by atoms with E-state index in [1.54, 1.807) is 0 Å². The third kappa shape index (κ3) is 2.95. The first-order valence-corrected chi connectivity index (χ1v) is 7.42. The fourth-order valence-corrected chi connectivity index (χ4v) is 3.29. The van der Waals surface area contributed by atoms with Crippen LogP contribution in [0.1, 0.15) is 0 Å². The third-order valence-corrected chi connectivity index (χ3v) is 4.34. The number of hydrogen-bond acceptors (Lipinski definition) is 4. The Morgan fingerprint density at radius 3 is 2.40 bits per heavy atom. The molecule has 1 heterocycles. The summed E-state index contributed by atoms with van der Waals surface area (Å²) in [6.07, 6.45) is 2.44. The maximum Gasteiger partial charge on any atom is 0.265 e. The summed E-state index contributed by atoms with van der Waals surface area (Å²) in [7, 11) is -4.03. The highest BCUT2D eigenvalue weighted by molar-refractivity contribution is 7.93. The number of nitrogens with one attached hydrogen (secondary N) is 1. The second kappa shape index (κ2) is 5.43. The van der Waals surface area contributed by atoms with Crippen molar-refractivity contribution in [1.29, 1.82) is 0 Å². The highest BCUT2D eigenvalue weighted by atomic mass is 35.5. The van der Waals surface area contributed by atoms with Crippen molar-refractivity contribution in [2.45, 2.75) is 4.90 Å². The molecule has 0 bridgehead atoms. The van der Waals surface area contributed by atoms with Crippen LogP contribution in [0.25, 0.3) is 0 Å². The highest BCUT2D eigenvalue weighted by Crippen LogP contribution is 2.33. The van der Waals surface area contributed by atoms with Crippen LogP contribution in [0, 0.1) is 5.82 Å². The average Bonchev–Trinajstić information content (AvgIpc) is 2.34. The summed E-state index contributed by atoms with van der Waals surface area (Å²) in [5.74, 6) is -0.677. The summed E-state index contributed by atoms with van der Waals surface area (Å²) in [4.78, 5) is 3.46. The van der Waals surface area contributed by atoms with Gasteiger partial charge in [0.05, 0.1) is 21.4 Å². The van der Waals surface area contributed by atoms with E-state index >= 15 is 0 Å². The van der Waals surface area contributed by atoms with Crippen LogP contribution in [0.2, 0.25) is 10.0 Å². The summed E-state index contributed by atoms with van der Waals surface area (Å²) in [6, 6.07) is 3.22. The Bertz CT molecular complexity index is 745. The second-order valence-electron chi connectivity index (χ2n) is 3.76. The molecule has 0 saturated heterocycles. The van der Waals surface area contributed by atoms with Crippen molar-refractivity contribution in [3.63, 3.8) is 0 Å². The van der Waals surface area contributed by atoms with Crippen molar-refractivity contribution in [2.75, 3.05) is 10.5 Å². The number of benzene rings is 1. The Hall–Kier alpha value is -1.57. The van der Waals surface area contributed by atoms with Crippen LogP contribution in [0.3, 0.4) is 0 Å². The van der Waals surface area contributed by atoms with Crippen molar-refractivity contribution in [1.82, 2.24) is 4.98 Å². The Labute approximate surface area is 124 Å². The first-order chi connectivity index (χ1) is 9.31. The molecule has 2 aromatic rings. The molecule has 0 atom stereocenters. The number of hydrogen-bond donors (Lipinski definition) is 2. The summed E-state index contributed by atoms with van der Waals surface area (Å²) < 4.78 is 39.6. The molecular weight excluding hydrogens is 328 g/mol. The lowest BCUT2D eigenvalue weighted by Gasteiger charge is -2.12. The SMILES string of the molecule is Nc1ccncc1S(=O)(=O)Nc1c(Cl)cc(F)cc1Cl. The van der Waals surface area contributed by atoms with Gasteiger partial charge >= 0.3 is 0 Å². The zero-order valence-corrected chi connectivity index (χ0v) is 12.1. The van der Waals surface area contributed by atoms with E-state index in [1.807, 2.05) is 0 Å². The van der Waals surface area contributed by atoms with E-state index in [-0.39, 0.29) is 26.3 Å². The van der Waals surface area contributed by atoms with Gasteiger partial charge in [0.15, 0.2) is 0 Å². The molecule has 106 valence electrons. The summed E-state index contributed by atoms with van der Waals surface area (Å²) in [6.45, 7) is 0. The molecule has 0 amide bonds. The van der Waals surface area contributed by atoms with Gasteiger partial charge in [-0.3, -0.25) is 9.71 Å². The summed E-state index contributed by atoms with van der Waals surface area (Å²) in [5.41, 5.74) is 5.46. The Morgan fingerprint density at radius 1 is 1.25 bits per heavy atom. The molecule has 0 radical (unpaired) electrons. The second-order valence-corrected chi connectivity index (χ2v) is 6.23. The van der Waals surface area contributed by atoms with E-state index in [9.17, 15) is 12.8 Å². The Morgan fingerprint density at radius 2 is 1.85 bits per heavy atom. The topological polar surface area (TPSA) is 85.1 Å². The monoisotopic (exact) mass is 335 g/mol. The first-order valence-electron chi connectivity index (χ1n) is 5.18. The van der Waals surface area contributed by atoms with Gasteiger partial charge in [0.2, 0.25) is 0 Å². The molecule has 2 rings (SSSR count). The lowest BCUT2D eigenvalue weighted by atomic mass is 10.3. The number of nitrogens with zero attached hydrogens (tertiary/aromatic N) is 1. The number of halogens is 3. The number of anilines is 2. The predicted octanol–water partition coefficient (Wildman–Crippen LogP) is 2.91. The molecule has 1 aromatic carbocycles. The molecule has 3 N–H and O–H groups in total. The maximum atomic E-state index is 13.1. The van der Waals surface area contributed by atoms with Crippen LogP contribution in [0.15, 0.2) is 35.5 Å². The smallest absolute Gasteiger partial charge is 0.265 e. The molecule has 5 nitrogen and oxygen atoms in total. The molecule has 0 aliphatic carbocycles. The van der Waals surface area contributed by atoms with Crippen molar-refractivity contribution >= 4 is 44.6 Å². The molecule has 0 unspecified atom stereocenters. The van der Waals surface area contributed by atoms with Gasteiger partial charge in [0.1, 0.15) is 10.7 Å². The molecule has 20 heavy (non-hydrogen) atoms. The van der Waals surface area contributed by atoms with E-state index in [1.165, 1.54) is 12.3 Å². The third-order valence-electron chi connectivity index (χ3n) is 2.35. The van der Waals surface area contributed by atoms with E-state index in [2.05, 4.69) is 9.71 Å². The molecule has 0 saturated carbocycles. The molecule has 9 heteroatoms. The fourth-order valence-electron chi connectivity index (χ4n) is 1.44. The number of rotatable bonds is 3. The van der Waals surface area contributed by atoms with E-state index in [4.69, 9.17) is 28.9 Å². The zero-order chi connectivity index (χ0) is 14.9. The lowest BCUT2D eigenvalue weighted by molar-refractivity contribution is 0.601. The molecule has 0 aliphatic heterocycles. The van der Waals surface area contributed by atoms with Gasteiger partial charge in [0.25, 0.3) is 10.0 Å². The Balaban J connectivity index is 2.47. The van der Waals surface area contributed by atoms with Gasteiger partial charge < -0.3 is 5.73 Å². The van der Waals surface area contributed by atoms with Crippen LogP contribution in [-0.4, -0.2) is 13.4 Å². The number of aromatic nitrogens is 1. The van der Waals surface area contributed by atoms with E-state index in [0.29, 0.717) is 0 Å². The van der Waals surface area contributed by atoms with Gasteiger partial charge in [0, 0.05) is 12.4 Å². The number of pyridine rings is 1. The van der Waals surface area contributed by atoms with Crippen LogP contribution >= 0.6 is 23.2 Å². The summed E-state index contributed by atoms with van der Waals surface area (Å²) in [5, 5.41) is -0.331. The van der Waals surface area contributed by atoms with Crippen LogP contribution in [0.4, 0.5) is 15.8 Å². The normalized spacial score (nSPS) is 11.3. The molecule has 0 aliphatic rings. The van der Waals surface area contributed by atoms with Gasteiger partial charge in [-0.15, -0.1) is 0 Å². The zero-order valence-electron chi connectivity index (χ0n) is 9.77. The van der Waals surface area contributed by atoms with Crippen LogP contribution in [0.5, 0.6) is 0 Å². The molecule has 1 aromatic heterocycles. The Kier molecular flexibility index (Phi) is 4.03. The largest absolute Gasteiger partial charge is 0.398 e. The number of sulfonamides is 1. The van der Waals surface area contributed by atoms with Crippen LogP contribution < -0.4 is 10.5 Å². The van der Waals surface area contributed by atoms with Gasteiger partial charge in [-0.1, -0.05) is 23.2 Å². The molecule has 0 fully saturated rings. The fraction of sp³-hybridized carbons (Fsp3) is 0. The van der Waals surface area contributed by atoms with Crippen molar-refractivity contribution in [3.05, 3.63) is 46.5 Å². The van der Waals surface area contributed by atoms with Gasteiger partial charge in [-0.2, -0.15) is 0 Å². The predicted molar refractivity (Wildman–Crippen MR) is 75.9 cm³/mol. The minimum Gasteiger partial charge on any atom is -0.398 e. The standard InChI is InChI=1S/C11H8Cl2FN3O2S/c12-7-3-6(14)4-8(13)11(7)17-20(18,19)10-5-16-2-1-9(10)15/h1-5,17H,(H2,15,16). The average molecular weight is 336 g/mol. The minimum atomic E-state index is -4.03. The van der Waals surface area contributed by atoms with Crippen molar-refractivity contribution < 1.29 is 12.8 Å². The van der Waals surface area contributed by atoms with E-state index < -0.39 is 15.8 Å². The van der Waals surface area contributed by atoms with Gasteiger partial charge in [-0.25, -0.2) is 12.8 Å². The van der Waals surface area contributed by atoms with Crippen molar-refractivity contribution in [3.8, 4) is 0 Å². The molecular formula is C11H8Cl2FN3O2S. The first kappa shape index (κ1) is 14.8. The lowest BCUT2D eigenvalue weighted by Crippen LogP contribution is -2.15. The summed E-state index contributed by atoms with van der Waals surface area (Å²) >= 11 is 11.5. The number of nitrogen functional groups attached to an aromatic ring is 1. The van der Waals surface area contributed by atoms with E-state index in [0.717, 1.165) is 18.3 Å². The number of nitrogens with two attached hydrogens (primary N) is 1. The van der Waals surface area contributed by atoms with Crippen molar-refractivity contribution in [2.24, 2.45) is 0 Å². The highest BCUT2D eigenvalue weighted by Gasteiger charge is 2.21.